The molecule has 1 aromatic rings. The van der Waals surface area contributed by atoms with Crippen molar-refractivity contribution in [2.75, 3.05) is 33.3 Å². The molecule has 0 radical (unpaired) electrons. The fourth-order valence-corrected chi connectivity index (χ4v) is 4.60. The molecule has 0 unspecified atom stereocenters. The first-order valence-electron chi connectivity index (χ1n) is 9.73. The molecule has 1 N–H and O–H groups in total. The van der Waals surface area contributed by atoms with E-state index >= 15 is 0 Å². The third-order valence-corrected chi connectivity index (χ3v) is 6.26. The van der Waals surface area contributed by atoms with Crippen LogP contribution < -0.4 is 5.32 Å². The van der Waals surface area contributed by atoms with E-state index in [1.807, 2.05) is 13.2 Å². The molecular formula is C19H33IN4OS. The lowest BCUT2D eigenvalue weighted by molar-refractivity contribution is 0.00103. The number of guanidine groups is 1. The average molecular weight is 492 g/mol. The van der Waals surface area contributed by atoms with Crippen molar-refractivity contribution in [1.29, 1.82) is 0 Å². The van der Waals surface area contributed by atoms with Crippen molar-refractivity contribution in [3.05, 3.63) is 16.1 Å². The molecule has 0 bridgehead atoms. The molecule has 7 heteroatoms. The largest absolute Gasteiger partial charge is 0.378 e. The first-order chi connectivity index (χ1) is 12.2. The van der Waals surface area contributed by atoms with Gasteiger partial charge in [-0.05, 0) is 38.5 Å². The monoisotopic (exact) mass is 492 g/mol. The van der Waals surface area contributed by atoms with Crippen LogP contribution in [-0.2, 0) is 11.2 Å². The van der Waals surface area contributed by atoms with Gasteiger partial charge in [0.1, 0.15) is 0 Å². The Kier molecular flexibility index (Phi) is 9.63. The zero-order valence-electron chi connectivity index (χ0n) is 16.1. The molecule has 1 saturated carbocycles. The maximum atomic E-state index is 6.18. The van der Waals surface area contributed by atoms with Gasteiger partial charge in [-0.3, -0.25) is 4.99 Å². The van der Waals surface area contributed by atoms with E-state index in [1.54, 1.807) is 11.3 Å². The Morgan fingerprint density at radius 2 is 2.04 bits per heavy atom. The predicted molar refractivity (Wildman–Crippen MR) is 120 cm³/mol. The number of thiazole rings is 1. The van der Waals surface area contributed by atoms with Crippen LogP contribution in [0.3, 0.4) is 0 Å². The first kappa shape index (κ1) is 21.9. The number of ether oxygens (including phenoxy) is 1. The second-order valence-corrected chi connectivity index (χ2v) is 8.58. The van der Waals surface area contributed by atoms with Gasteiger partial charge in [-0.1, -0.05) is 12.8 Å². The fourth-order valence-electron chi connectivity index (χ4n) is 3.81. The van der Waals surface area contributed by atoms with Gasteiger partial charge >= 0.3 is 0 Å². The number of rotatable bonds is 6. The maximum absolute atomic E-state index is 6.18. The topological polar surface area (TPSA) is 49.8 Å². The molecule has 2 fully saturated rings. The number of hydrogen-bond donors (Lipinski definition) is 1. The van der Waals surface area contributed by atoms with Gasteiger partial charge in [-0.15, -0.1) is 35.3 Å². The number of aromatic nitrogens is 1. The van der Waals surface area contributed by atoms with Crippen LogP contribution in [0, 0.1) is 12.8 Å². The third-order valence-electron chi connectivity index (χ3n) is 5.29. The number of likely N-dealkylation sites (tertiary alicyclic amines) is 1. The maximum Gasteiger partial charge on any atom is 0.193 e. The second kappa shape index (κ2) is 11.4. The molecule has 1 aromatic heterocycles. The highest BCUT2D eigenvalue weighted by molar-refractivity contribution is 14.0. The van der Waals surface area contributed by atoms with E-state index in [-0.39, 0.29) is 24.0 Å². The Morgan fingerprint density at radius 3 is 2.65 bits per heavy atom. The predicted octanol–water partition coefficient (Wildman–Crippen LogP) is 3.86. The summed E-state index contributed by atoms with van der Waals surface area (Å²) in [6.07, 6.45) is 11.1. The summed E-state index contributed by atoms with van der Waals surface area (Å²) in [6, 6.07) is 0. The van der Waals surface area contributed by atoms with E-state index in [2.05, 4.69) is 27.1 Å². The molecular weight excluding hydrogens is 459 g/mol. The van der Waals surface area contributed by atoms with Gasteiger partial charge in [0.2, 0.25) is 0 Å². The number of aliphatic imine (C=N–C) groups is 1. The lowest BCUT2D eigenvalue weighted by Crippen LogP contribution is -2.47. The van der Waals surface area contributed by atoms with Gasteiger partial charge in [0.25, 0.3) is 0 Å². The molecule has 26 heavy (non-hydrogen) atoms. The molecule has 0 amide bonds. The Labute approximate surface area is 179 Å². The van der Waals surface area contributed by atoms with Gasteiger partial charge in [0.15, 0.2) is 5.96 Å². The summed E-state index contributed by atoms with van der Waals surface area (Å²) in [5, 5.41) is 4.68. The minimum Gasteiger partial charge on any atom is -0.378 e. The van der Waals surface area contributed by atoms with Crippen molar-refractivity contribution in [1.82, 2.24) is 15.2 Å². The summed E-state index contributed by atoms with van der Waals surface area (Å²) >= 11 is 1.78. The van der Waals surface area contributed by atoms with Crippen molar-refractivity contribution in [2.45, 2.75) is 58.0 Å². The highest BCUT2D eigenvalue weighted by Gasteiger charge is 2.23. The molecule has 0 spiro atoms. The molecule has 1 aliphatic heterocycles. The van der Waals surface area contributed by atoms with E-state index in [1.165, 1.54) is 35.6 Å². The summed E-state index contributed by atoms with van der Waals surface area (Å²) in [7, 11) is 1.87. The van der Waals surface area contributed by atoms with Crippen molar-refractivity contribution >= 4 is 41.3 Å². The Balaban J connectivity index is 0.00000243. The minimum absolute atomic E-state index is 0. The molecule has 0 aromatic carbocycles. The quantitative estimate of drug-likeness (QED) is 0.372. The standard InChI is InChI=1S/C19H32N4OS.HI/c1-15-13-22-18(25-15)7-10-21-19(20-2)23-11-8-17(9-12-23)24-14-16-5-3-4-6-16;/h13,16-17H,3-12,14H2,1-2H3,(H,20,21);1H. The van der Waals surface area contributed by atoms with Gasteiger partial charge in [-0.2, -0.15) is 0 Å². The fraction of sp³-hybridized carbons (Fsp3) is 0.789. The number of piperidine rings is 1. The minimum atomic E-state index is 0. The van der Waals surface area contributed by atoms with Crippen LogP contribution in [0.5, 0.6) is 0 Å². The van der Waals surface area contributed by atoms with Crippen LogP contribution in [0.4, 0.5) is 0 Å². The van der Waals surface area contributed by atoms with Crippen molar-refractivity contribution in [3.8, 4) is 0 Å². The Morgan fingerprint density at radius 1 is 1.31 bits per heavy atom. The summed E-state index contributed by atoms with van der Waals surface area (Å²) < 4.78 is 6.18. The highest BCUT2D eigenvalue weighted by atomic mass is 127. The van der Waals surface area contributed by atoms with Crippen molar-refractivity contribution < 1.29 is 4.74 Å². The summed E-state index contributed by atoms with van der Waals surface area (Å²) in [6.45, 7) is 6.03. The van der Waals surface area contributed by atoms with Crippen molar-refractivity contribution in [2.24, 2.45) is 10.9 Å². The van der Waals surface area contributed by atoms with E-state index in [0.29, 0.717) is 6.10 Å². The molecule has 148 valence electrons. The van der Waals surface area contributed by atoms with E-state index in [9.17, 15) is 0 Å². The molecule has 1 saturated heterocycles. The molecule has 0 atom stereocenters. The van der Waals surface area contributed by atoms with E-state index in [4.69, 9.17) is 4.74 Å². The summed E-state index contributed by atoms with van der Waals surface area (Å²) in [4.78, 5) is 12.5. The van der Waals surface area contributed by atoms with Crippen LogP contribution >= 0.6 is 35.3 Å². The molecule has 2 heterocycles. The lowest BCUT2D eigenvalue weighted by atomic mass is 10.1. The molecule has 2 aliphatic rings. The number of halogens is 1. The molecule has 5 nitrogen and oxygen atoms in total. The number of aryl methyl sites for hydroxylation is 1. The van der Waals surface area contributed by atoms with Crippen LogP contribution in [0.2, 0.25) is 0 Å². The number of nitrogens with zero attached hydrogens (tertiary/aromatic N) is 3. The van der Waals surface area contributed by atoms with Crippen LogP contribution in [-0.4, -0.2) is 55.2 Å². The first-order valence-corrected chi connectivity index (χ1v) is 10.5. The van der Waals surface area contributed by atoms with Crippen LogP contribution in [0.15, 0.2) is 11.2 Å². The molecule has 1 aliphatic carbocycles. The van der Waals surface area contributed by atoms with Crippen LogP contribution in [0.1, 0.15) is 48.4 Å². The Bertz CT molecular complexity index is 551. The second-order valence-electron chi connectivity index (χ2n) is 7.26. The molecule has 3 rings (SSSR count). The SMILES string of the molecule is CN=C(NCCc1ncc(C)s1)N1CCC(OCC2CCCC2)CC1.I. The third kappa shape index (κ3) is 6.64. The zero-order chi connectivity index (χ0) is 17.5. The smallest absolute Gasteiger partial charge is 0.193 e. The summed E-state index contributed by atoms with van der Waals surface area (Å²) in [5.41, 5.74) is 0. The van der Waals surface area contributed by atoms with Gasteiger partial charge in [0, 0.05) is 50.8 Å². The zero-order valence-corrected chi connectivity index (χ0v) is 19.2. The lowest BCUT2D eigenvalue weighted by Gasteiger charge is -2.34. The normalized spacial score (nSPS) is 19.6. The average Bonchev–Trinajstić information content (AvgIpc) is 3.29. The Hall–Kier alpha value is -0.410. The van der Waals surface area contributed by atoms with Crippen LogP contribution in [0.25, 0.3) is 0 Å². The van der Waals surface area contributed by atoms with Gasteiger partial charge in [0.05, 0.1) is 11.1 Å². The van der Waals surface area contributed by atoms with Gasteiger partial charge in [-0.25, -0.2) is 4.98 Å². The van der Waals surface area contributed by atoms with Crippen molar-refractivity contribution in [3.63, 3.8) is 0 Å². The van der Waals surface area contributed by atoms with Gasteiger partial charge < -0.3 is 15.0 Å². The number of nitrogens with one attached hydrogen (secondary N) is 1. The highest BCUT2D eigenvalue weighted by Crippen LogP contribution is 2.26. The summed E-state index contributed by atoms with van der Waals surface area (Å²) in [5.74, 6) is 1.84. The van der Waals surface area contributed by atoms with E-state index < -0.39 is 0 Å². The van der Waals surface area contributed by atoms with E-state index in [0.717, 1.165) is 57.4 Å². The number of hydrogen-bond acceptors (Lipinski definition) is 4.